The van der Waals surface area contributed by atoms with Gasteiger partial charge < -0.3 is 0 Å². The molecule has 2 heteroatoms. The average Bonchev–Trinajstić information content (AvgIpc) is 2.50. The first kappa shape index (κ1) is 7.35. The van der Waals surface area contributed by atoms with Crippen molar-refractivity contribution in [3.05, 3.63) is 29.8 Å². The fraction of sp³-hybridized carbons (Fsp3) is 0.300. The predicted molar refractivity (Wildman–Crippen MR) is 49.7 cm³/mol. The lowest BCUT2D eigenvalue weighted by atomic mass is 10.1. The van der Waals surface area contributed by atoms with Crippen molar-refractivity contribution >= 4 is 11.4 Å². The van der Waals surface area contributed by atoms with Gasteiger partial charge in [0.15, 0.2) is 0 Å². The van der Waals surface area contributed by atoms with Crippen LogP contribution in [-0.2, 0) is 0 Å². The van der Waals surface area contributed by atoms with Gasteiger partial charge >= 0.3 is 0 Å². The van der Waals surface area contributed by atoms with Crippen LogP contribution < -0.4 is 5.43 Å². The van der Waals surface area contributed by atoms with E-state index in [-0.39, 0.29) is 0 Å². The zero-order valence-electron chi connectivity index (χ0n) is 7.12. The molecule has 0 N–H and O–H groups in total. The van der Waals surface area contributed by atoms with Crippen LogP contribution in [0.5, 0.6) is 0 Å². The van der Waals surface area contributed by atoms with E-state index in [2.05, 4.69) is 23.5 Å². The topological polar surface area (TPSA) is 26.5 Å². The summed E-state index contributed by atoms with van der Waals surface area (Å²) in [6.45, 7) is 2.16. The molecule has 0 bridgehead atoms. The molecule has 0 unspecified atom stereocenters. The molecule has 0 spiro atoms. The number of benzene rings is 1. The Bertz CT molecular complexity index is 315. The van der Waals surface area contributed by atoms with Crippen LogP contribution in [0.1, 0.15) is 25.3 Å². The number of nitrogens with zero attached hydrogens (tertiary/aromatic N) is 2. The highest BCUT2D eigenvalue weighted by atomic mass is 15.3. The van der Waals surface area contributed by atoms with Gasteiger partial charge in [-0.2, -0.15) is 10.5 Å². The van der Waals surface area contributed by atoms with Crippen LogP contribution in [0.25, 0.3) is 0 Å². The summed E-state index contributed by atoms with van der Waals surface area (Å²) in [7, 11) is 0. The molecule has 0 aromatic heterocycles. The number of fused-ring (bicyclic) bond motifs is 1. The zero-order chi connectivity index (χ0) is 8.39. The molecule has 1 aliphatic rings. The van der Waals surface area contributed by atoms with Gasteiger partial charge in [0.2, 0.25) is 0 Å². The fourth-order valence-corrected chi connectivity index (χ4v) is 1.39. The highest BCUT2D eigenvalue weighted by molar-refractivity contribution is 6.06. The zero-order valence-corrected chi connectivity index (χ0v) is 7.12. The van der Waals surface area contributed by atoms with Crippen molar-refractivity contribution in [1.82, 2.24) is 5.43 Å². The monoisotopic (exact) mass is 159 g/mol. The largest absolute Gasteiger partial charge is 0.154 e. The van der Waals surface area contributed by atoms with Gasteiger partial charge in [-0.1, -0.05) is 31.5 Å². The van der Waals surface area contributed by atoms with E-state index < -0.39 is 0 Å². The Hall–Kier alpha value is -1.31. The minimum absolute atomic E-state index is 1.01. The van der Waals surface area contributed by atoms with E-state index in [1.54, 1.807) is 0 Å². The maximum atomic E-state index is 4.14. The van der Waals surface area contributed by atoms with E-state index >= 15 is 0 Å². The molecule has 2 rings (SSSR count). The minimum atomic E-state index is 1.01. The summed E-state index contributed by atoms with van der Waals surface area (Å²) in [6.07, 6.45) is 2.16. The lowest BCUT2D eigenvalue weighted by Crippen LogP contribution is -1.94. The molecule has 61 valence electrons. The van der Waals surface area contributed by atoms with E-state index in [1.807, 2.05) is 18.2 Å². The van der Waals surface area contributed by atoms with Gasteiger partial charge in [-0.15, -0.1) is 0 Å². The van der Waals surface area contributed by atoms with Crippen LogP contribution in [0.2, 0.25) is 0 Å². The second-order valence-corrected chi connectivity index (χ2v) is 2.91. The van der Waals surface area contributed by atoms with Crippen LogP contribution in [0.3, 0.4) is 0 Å². The Kier molecular flexibility index (Phi) is 1.82. The minimum Gasteiger partial charge on any atom is -0.154 e. The van der Waals surface area contributed by atoms with Crippen LogP contribution >= 0.6 is 0 Å². The second kappa shape index (κ2) is 2.97. The molecular weight excluding hydrogens is 148 g/mol. The third kappa shape index (κ3) is 1.09. The Balaban J connectivity index is 2.32. The summed E-state index contributed by atoms with van der Waals surface area (Å²) in [5.41, 5.74) is 7.44. The van der Waals surface area contributed by atoms with Crippen LogP contribution in [0, 0.1) is 0 Å². The van der Waals surface area contributed by atoms with E-state index in [0.29, 0.717) is 0 Å². The quantitative estimate of drug-likeness (QED) is 0.633. The smallest absolute Gasteiger partial charge is 0.0948 e. The van der Waals surface area contributed by atoms with E-state index in [4.69, 9.17) is 0 Å². The normalized spacial score (nSPS) is 13.6. The van der Waals surface area contributed by atoms with Crippen molar-refractivity contribution < 1.29 is 0 Å². The van der Waals surface area contributed by atoms with Crippen molar-refractivity contribution in [2.24, 2.45) is 5.10 Å². The molecule has 1 aromatic carbocycles. The number of hydrogen-bond acceptors (Lipinski definition) is 1. The molecule has 0 atom stereocenters. The Morgan fingerprint density at radius 3 is 2.92 bits per heavy atom. The summed E-state index contributed by atoms with van der Waals surface area (Å²) in [4.78, 5) is 0. The first-order valence-electron chi connectivity index (χ1n) is 4.29. The summed E-state index contributed by atoms with van der Waals surface area (Å²) in [5, 5.41) is 4.14. The molecule has 0 saturated heterocycles. The second-order valence-electron chi connectivity index (χ2n) is 2.91. The van der Waals surface area contributed by atoms with Crippen molar-refractivity contribution in [2.45, 2.75) is 19.8 Å². The van der Waals surface area contributed by atoms with Crippen molar-refractivity contribution in [1.29, 1.82) is 0 Å². The van der Waals surface area contributed by atoms with E-state index in [0.717, 1.165) is 24.2 Å². The third-order valence-electron chi connectivity index (χ3n) is 1.98. The summed E-state index contributed by atoms with van der Waals surface area (Å²) < 4.78 is 0. The predicted octanol–water partition coefficient (Wildman–Crippen LogP) is 2.44. The molecule has 1 aromatic rings. The van der Waals surface area contributed by atoms with Gasteiger partial charge in [-0.05, 0) is 12.5 Å². The van der Waals surface area contributed by atoms with Gasteiger partial charge in [-0.25, -0.2) is 0 Å². The summed E-state index contributed by atoms with van der Waals surface area (Å²) in [5.74, 6) is 0. The van der Waals surface area contributed by atoms with Gasteiger partial charge in [0.05, 0.1) is 11.4 Å². The highest BCUT2D eigenvalue weighted by Gasteiger charge is 2.14. The SMILES string of the molecule is CCCC1=N[N]c2ccccc21. The Labute approximate surface area is 72.3 Å². The van der Waals surface area contributed by atoms with E-state index in [1.165, 1.54) is 5.56 Å². The van der Waals surface area contributed by atoms with Crippen LogP contribution in [0.15, 0.2) is 29.4 Å². The van der Waals surface area contributed by atoms with Gasteiger partial charge in [0.25, 0.3) is 0 Å². The maximum absolute atomic E-state index is 4.14. The lowest BCUT2D eigenvalue weighted by molar-refractivity contribution is 0.950. The summed E-state index contributed by atoms with van der Waals surface area (Å²) in [6, 6.07) is 8.11. The summed E-state index contributed by atoms with van der Waals surface area (Å²) >= 11 is 0. The molecule has 0 aliphatic carbocycles. The molecule has 1 heterocycles. The molecule has 2 nitrogen and oxygen atoms in total. The molecule has 12 heavy (non-hydrogen) atoms. The first-order chi connectivity index (χ1) is 5.92. The third-order valence-corrected chi connectivity index (χ3v) is 1.98. The lowest BCUT2D eigenvalue weighted by Gasteiger charge is -1.97. The number of rotatable bonds is 2. The van der Waals surface area contributed by atoms with Crippen molar-refractivity contribution in [2.75, 3.05) is 0 Å². The molecule has 0 amide bonds. The molecule has 1 radical (unpaired) electrons. The molecular formula is C10H11N2. The van der Waals surface area contributed by atoms with Crippen molar-refractivity contribution in [3.63, 3.8) is 0 Å². The molecule has 1 aliphatic heterocycles. The van der Waals surface area contributed by atoms with E-state index in [9.17, 15) is 0 Å². The molecule has 0 saturated carbocycles. The first-order valence-corrected chi connectivity index (χ1v) is 4.29. The standard InChI is InChI=1S/C10H11N2/c1-2-5-9-8-6-3-4-7-10(8)12-11-9/h3-4,6-7H,2,5H2,1H3. The van der Waals surface area contributed by atoms with Crippen molar-refractivity contribution in [3.8, 4) is 0 Å². The maximum Gasteiger partial charge on any atom is 0.0948 e. The van der Waals surface area contributed by atoms with Crippen LogP contribution in [-0.4, -0.2) is 5.71 Å². The number of hydrogen-bond donors (Lipinski definition) is 0. The Morgan fingerprint density at radius 1 is 1.25 bits per heavy atom. The fourth-order valence-electron chi connectivity index (χ4n) is 1.39. The van der Waals surface area contributed by atoms with Gasteiger partial charge in [-0.3, -0.25) is 0 Å². The van der Waals surface area contributed by atoms with Gasteiger partial charge in [0.1, 0.15) is 0 Å². The molecule has 0 fully saturated rings. The van der Waals surface area contributed by atoms with Crippen LogP contribution in [0.4, 0.5) is 5.69 Å². The Morgan fingerprint density at radius 2 is 2.08 bits per heavy atom. The average molecular weight is 159 g/mol. The highest BCUT2D eigenvalue weighted by Crippen LogP contribution is 2.23. The van der Waals surface area contributed by atoms with Gasteiger partial charge in [0, 0.05) is 5.56 Å².